The van der Waals surface area contributed by atoms with Gasteiger partial charge in [-0.15, -0.1) is 0 Å². The van der Waals surface area contributed by atoms with Crippen LogP contribution in [0.2, 0.25) is 0 Å². The second-order valence-corrected chi connectivity index (χ2v) is 6.60. The zero-order chi connectivity index (χ0) is 17.4. The number of hydrogen-bond acceptors (Lipinski definition) is 5. The number of rotatable bonds is 4. The van der Waals surface area contributed by atoms with Crippen LogP contribution in [-0.2, 0) is 25.4 Å². The Morgan fingerprint density at radius 2 is 1.83 bits per heavy atom. The van der Waals surface area contributed by atoms with E-state index in [0.717, 1.165) is 36.4 Å². The predicted octanol–water partition coefficient (Wildman–Crippen LogP) is 0.316. The van der Waals surface area contributed by atoms with Crippen LogP contribution in [-0.4, -0.2) is 45.5 Å². The minimum absolute atomic E-state index is 0.312. The number of imidazole rings is 1. The molecule has 1 saturated heterocycles. The fraction of sp³-hybridized carbons (Fsp3) is 0.688. The van der Waals surface area contributed by atoms with Gasteiger partial charge in [0, 0.05) is 40.8 Å². The molecule has 3 rings (SSSR count). The number of hydrogen-bond donors (Lipinski definition) is 0. The van der Waals surface area contributed by atoms with Crippen LogP contribution < -0.4 is 16.1 Å². The minimum atomic E-state index is -0.359. The van der Waals surface area contributed by atoms with E-state index in [1.165, 1.54) is 11.6 Å². The number of nitrogens with zero attached hydrogens (tertiary/aromatic N) is 5. The fourth-order valence-corrected chi connectivity index (χ4v) is 3.28. The van der Waals surface area contributed by atoms with Gasteiger partial charge in [0.1, 0.15) is 0 Å². The highest BCUT2D eigenvalue weighted by Gasteiger charge is 2.25. The van der Waals surface area contributed by atoms with Crippen LogP contribution in [0.4, 0.5) is 5.95 Å². The molecule has 132 valence electrons. The highest BCUT2D eigenvalue weighted by atomic mass is 16.5. The maximum Gasteiger partial charge on any atom is 0.332 e. The van der Waals surface area contributed by atoms with Crippen molar-refractivity contribution in [2.75, 3.05) is 31.7 Å². The first-order valence-corrected chi connectivity index (χ1v) is 8.35. The molecule has 1 fully saturated rings. The normalized spacial score (nSPS) is 16.2. The molecule has 0 atom stereocenters. The van der Waals surface area contributed by atoms with Gasteiger partial charge in [0.15, 0.2) is 11.2 Å². The molecule has 0 N–H and O–H groups in total. The average Bonchev–Trinajstić information content (AvgIpc) is 2.96. The Morgan fingerprint density at radius 3 is 2.46 bits per heavy atom. The minimum Gasteiger partial charge on any atom is -0.383 e. The zero-order valence-corrected chi connectivity index (χ0v) is 14.8. The van der Waals surface area contributed by atoms with E-state index in [4.69, 9.17) is 4.74 Å². The molecule has 2 aromatic rings. The molecular weight excluding hydrogens is 310 g/mol. The van der Waals surface area contributed by atoms with Crippen molar-refractivity contribution < 1.29 is 4.74 Å². The summed E-state index contributed by atoms with van der Waals surface area (Å²) in [5.74, 6) is 1.46. The second-order valence-electron chi connectivity index (χ2n) is 6.60. The zero-order valence-electron chi connectivity index (χ0n) is 14.8. The van der Waals surface area contributed by atoms with Gasteiger partial charge in [0.2, 0.25) is 5.95 Å². The lowest BCUT2D eigenvalue weighted by Gasteiger charge is -2.31. The second kappa shape index (κ2) is 6.43. The number of anilines is 1. The molecule has 0 saturated carbocycles. The summed E-state index contributed by atoms with van der Waals surface area (Å²) < 4.78 is 9.68. The molecule has 3 heterocycles. The first-order chi connectivity index (χ1) is 11.5. The number of aryl methyl sites for hydroxylation is 1. The highest BCUT2D eigenvalue weighted by molar-refractivity contribution is 5.74. The Kier molecular flexibility index (Phi) is 4.49. The van der Waals surface area contributed by atoms with Crippen molar-refractivity contribution in [2.24, 2.45) is 20.0 Å². The van der Waals surface area contributed by atoms with Crippen LogP contribution in [0.25, 0.3) is 11.2 Å². The molecule has 0 aromatic carbocycles. The molecule has 0 bridgehead atoms. The smallest absolute Gasteiger partial charge is 0.332 e. The molecule has 0 radical (unpaired) electrons. The van der Waals surface area contributed by atoms with Crippen LogP contribution in [0.15, 0.2) is 9.59 Å². The van der Waals surface area contributed by atoms with E-state index in [1.54, 1.807) is 14.2 Å². The predicted molar refractivity (Wildman–Crippen MR) is 92.7 cm³/mol. The topological polar surface area (TPSA) is 74.3 Å². The van der Waals surface area contributed by atoms with Gasteiger partial charge in [-0.1, -0.05) is 6.92 Å². The van der Waals surface area contributed by atoms with Gasteiger partial charge in [0.25, 0.3) is 5.56 Å². The molecule has 2 aromatic heterocycles. The maximum absolute atomic E-state index is 12.7. The lowest BCUT2D eigenvalue weighted by Crippen LogP contribution is -2.38. The van der Waals surface area contributed by atoms with E-state index in [0.29, 0.717) is 30.2 Å². The van der Waals surface area contributed by atoms with Crippen LogP contribution in [0, 0.1) is 5.92 Å². The van der Waals surface area contributed by atoms with Gasteiger partial charge >= 0.3 is 5.69 Å². The summed E-state index contributed by atoms with van der Waals surface area (Å²) in [5.41, 5.74) is 0.231. The van der Waals surface area contributed by atoms with Crippen molar-refractivity contribution in [3.63, 3.8) is 0 Å². The molecule has 0 aliphatic carbocycles. The lowest BCUT2D eigenvalue weighted by molar-refractivity contribution is 0.188. The maximum atomic E-state index is 12.7. The van der Waals surface area contributed by atoms with Gasteiger partial charge in [-0.05, 0) is 18.8 Å². The number of methoxy groups -OCH3 is 1. The van der Waals surface area contributed by atoms with Crippen molar-refractivity contribution in [1.82, 2.24) is 18.7 Å². The summed E-state index contributed by atoms with van der Waals surface area (Å²) in [4.78, 5) is 31.7. The van der Waals surface area contributed by atoms with Gasteiger partial charge in [-0.25, -0.2) is 4.79 Å². The first kappa shape index (κ1) is 16.8. The van der Waals surface area contributed by atoms with E-state index in [9.17, 15) is 9.59 Å². The average molecular weight is 335 g/mol. The lowest BCUT2D eigenvalue weighted by atomic mass is 10.00. The third-order valence-corrected chi connectivity index (χ3v) is 4.91. The van der Waals surface area contributed by atoms with Crippen LogP contribution in [0.3, 0.4) is 0 Å². The largest absolute Gasteiger partial charge is 0.383 e. The van der Waals surface area contributed by atoms with Gasteiger partial charge < -0.3 is 14.2 Å². The van der Waals surface area contributed by atoms with Crippen molar-refractivity contribution in [1.29, 1.82) is 0 Å². The third kappa shape index (κ3) is 2.64. The number of aromatic nitrogens is 4. The summed E-state index contributed by atoms with van der Waals surface area (Å²) in [6.45, 7) is 5.08. The summed E-state index contributed by atoms with van der Waals surface area (Å²) in [6, 6.07) is 0. The molecule has 8 nitrogen and oxygen atoms in total. The summed E-state index contributed by atoms with van der Waals surface area (Å²) in [5, 5.41) is 0. The van der Waals surface area contributed by atoms with Gasteiger partial charge in [-0.2, -0.15) is 4.98 Å². The summed E-state index contributed by atoms with van der Waals surface area (Å²) >= 11 is 0. The Bertz CT molecular complexity index is 855. The summed E-state index contributed by atoms with van der Waals surface area (Å²) in [6.07, 6.45) is 2.20. The summed E-state index contributed by atoms with van der Waals surface area (Å²) in [7, 11) is 4.79. The van der Waals surface area contributed by atoms with Crippen molar-refractivity contribution >= 4 is 17.1 Å². The van der Waals surface area contributed by atoms with E-state index in [-0.39, 0.29) is 11.2 Å². The molecule has 1 aliphatic rings. The molecular formula is C16H25N5O3. The molecule has 0 unspecified atom stereocenters. The number of fused-ring (bicyclic) bond motifs is 1. The Balaban J connectivity index is 2.21. The fourth-order valence-electron chi connectivity index (χ4n) is 3.28. The van der Waals surface area contributed by atoms with Gasteiger partial charge in [0.05, 0.1) is 6.61 Å². The number of piperidine rings is 1. The number of ether oxygens (including phenoxy) is 1. The van der Waals surface area contributed by atoms with Crippen LogP contribution in [0.5, 0.6) is 0 Å². The van der Waals surface area contributed by atoms with E-state index in [1.807, 2.05) is 4.57 Å². The van der Waals surface area contributed by atoms with Crippen LogP contribution >= 0.6 is 0 Å². The first-order valence-electron chi connectivity index (χ1n) is 8.35. The van der Waals surface area contributed by atoms with Crippen molar-refractivity contribution in [3.05, 3.63) is 20.8 Å². The van der Waals surface area contributed by atoms with E-state index < -0.39 is 0 Å². The highest BCUT2D eigenvalue weighted by Crippen LogP contribution is 2.25. The SMILES string of the molecule is COCCn1c(N2CCC(C)CC2)nc2c1c(=O)n(C)c(=O)n2C. The molecule has 1 aliphatic heterocycles. The molecule has 24 heavy (non-hydrogen) atoms. The van der Waals surface area contributed by atoms with Crippen molar-refractivity contribution in [2.45, 2.75) is 26.3 Å². The Labute approximate surface area is 140 Å². The standard InChI is InChI=1S/C16H25N5O3/c1-11-5-7-20(8-6-11)15-17-13-12(21(15)9-10-24-4)14(22)19(3)16(23)18(13)2/h11H,5-10H2,1-4H3. The van der Waals surface area contributed by atoms with Crippen LogP contribution in [0.1, 0.15) is 19.8 Å². The molecule has 8 heteroatoms. The van der Waals surface area contributed by atoms with E-state index in [2.05, 4.69) is 16.8 Å². The van der Waals surface area contributed by atoms with Gasteiger partial charge in [-0.3, -0.25) is 13.9 Å². The monoisotopic (exact) mass is 335 g/mol. The Hall–Kier alpha value is -2.09. The molecule has 0 amide bonds. The van der Waals surface area contributed by atoms with Crippen molar-refractivity contribution in [3.8, 4) is 0 Å². The third-order valence-electron chi connectivity index (χ3n) is 4.91. The molecule has 0 spiro atoms. The van der Waals surface area contributed by atoms with E-state index >= 15 is 0 Å². The Morgan fingerprint density at radius 1 is 1.17 bits per heavy atom. The quantitative estimate of drug-likeness (QED) is 0.804.